The average molecular weight is 426 g/mol. The van der Waals surface area contributed by atoms with E-state index in [4.69, 9.17) is 18.9 Å². The van der Waals surface area contributed by atoms with Crippen molar-refractivity contribution in [2.75, 3.05) is 7.11 Å². The number of Topliss-reactive ketones (excluding diaryl/α,β-unsaturated/α-hetero) is 1. The van der Waals surface area contributed by atoms with Gasteiger partial charge in [0.2, 0.25) is 5.78 Å². The largest absolute Gasteiger partial charge is 0.496 e. The maximum Gasteiger partial charge on any atom is 0.231 e. The number of para-hydroxylation sites is 2. The van der Waals surface area contributed by atoms with Crippen molar-refractivity contribution in [3.05, 3.63) is 101 Å². The fourth-order valence-electron chi connectivity index (χ4n) is 3.81. The topological polar surface area (TPSA) is 54.0 Å². The Labute approximate surface area is 186 Å². The number of allylic oxidation sites excluding steroid dienone is 1. The molecule has 5 nitrogen and oxygen atoms in total. The van der Waals surface area contributed by atoms with Crippen LogP contribution in [0.5, 0.6) is 23.0 Å². The molecule has 5 heteroatoms. The summed E-state index contributed by atoms with van der Waals surface area (Å²) >= 11 is 0. The lowest BCUT2D eigenvalue weighted by Gasteiger charge is -2.22. The van der Waals surface area contributed by atoms with Gasteiger partial charge in [-0.2, -0.15) is 0 Å². The number of carbonyl (C=O) groups excluding carboxylic acids is 1. The van der Waals surface area contributed by atoms with E-state index >= 15 is 0 Å². The summed E-state index contributed by atoms with van der Waals surface area (Å²) in [5, 5.41) is 0. The maximum atomic E-state index is 12.9. The summed E-state index contributed by atoms with van der Waals surface area (Å²) in [5.74, 6) is 2.84. The molecule has 0 saturated carbocycles. The molecule has 0 aliphatic carbocycles. The van der Waals surface area contributed by atoms with Crippen LogP contribution in [0.25, 0.3) is 6.08 Å². The SMILES string of the molecule is COc1ccccc1COc1ccc2c(c1)OC(=CC1=Cc3ccccc3O[C@H]1C)C2=O. The van der Waals surface area contributed by atoms with Crippen LogP contribution in [-0.4, -0.2) is 19.0 Å². The Morgan fingerprint density at radius 2 is 1.81 bits per heavy atom. The van der Waals surface area contributed by atoms with Gasteiger partial charge in [0.15, 0.2) is 5.76 Å². The fraction of sp³-hybridized carbons (Fsp3) is 0.148. The first-order chi connectivity index (χ1) is 15.6. The van der Waals surface area contributed by atoms with Crippen LogP contribution in [0.1, 0.15) is 28.4 Å². The van der Waals surface area contributed by atoms with Crippen LogP contribution < -0.4 is 18.9 Å². The second kappa shape index (κ2) is 8.27. The van der Waals surface area contributed by atoms with Crippen molar-refractivity contribution < 1.29 is 23.7 Å². The van der Waals surface area contributed by atoms with Gasteiger partial charge in [-0.05, 0) is 48.9 Å². The van der Waals surface area contributed by atoms with Gasteiger partial charge in [0.05, 0.1) is 12.7 Å². The van der Waals surface area contributed by atoms with Crippen LogP contribution in [-0.2, 0) is 6.61 Å². The summed E-state index contributed by atoms with van der Waals surface area (Å²) in [7, 11) is 1.63. The summed E-state index contributed by atoms with van der Waals surface area (Å²) in [6, 6.07) is 20.8. The molecule has 1 atom stereocenters. The molecule has 2 aliphatic heterocycles. The van der Waals surface area contributed by atoms with E-state index in [9.17, 15) is 4.79 Å². The molecule has 5 rings (SSSR count). The predicted molar refractivity (Wildman–Crippen MR) is 121 cm³/mol. The molecule has 0 amide bonds. The second-order valence-electron chi connectivity index (χ2n) is 7.64. The fourth-order valence-corrected chi connectivity index (χ4v) is 3.81. The van der Waals surface area contributed by atoms with Gasteiger partial charge in [0, 0.05) is 17.2 Å². The van der Waals surface area contributed by atoms with E-state index in [1.807, 2.05) is 61.5 Å². The summed E-state index contributed by atoms with van der Waals surface area (Å²) in [6.45, 7) is 2.30. The molecule has 2 aliphatic rings. The van der Waals surface area contributed by atoms with Crippen molar-refractivity contribution in [3.8, 4) is 23.0 Å². The number of benzene rings is 3. The molecule has 160 valence electrons. The zero-order valence-corrected chi connectivity index (χ0v) is 17.8. The van der Waals surface area contributed by atoms with E-state index in [1.54, 1.807) is 31.4 Å². The first kappa shape index (κ1) is 19.9. The molecule has 0 saturated heterocycles. The smallest absolute Gasteiger partial charge is 0.231 e. The third-order valence-corrected chi connectivity index (χ3v) is 5.54. The molecular weight excluding hydrogens is 404 g/mol. The van der Waals surface area contributed by atoms with Gasteiger partial charge < -0.3 is 18.9 Å². The van der Waals surface area contributed by atoms with Gasteiger partial charge >= 0.3 is 0 Å². The van der Waals surface area contributed by atoms with E-state index < -0.39 is 0 Å². The van der Waals surface area contributed by atoms with E-state index in [-0.39, 0.29) is 17.6 Å². The summed E-state index contributed by atoms with van der Waals surface area (Å²) in [6.07, 6.45) is 3.60. The Morgan fingerprint density at radius 3 is 2.69 bits per heavy atom. The third kappa shape index (κ3) is 3.73. The zero-order chi connectivity index (χ0) is 22.1. The van der Waals surface area contributed by atoms with Crippen molar-refractivity contribution >= 4 is 11.9 Å². The van der Waals surface area contributed by atoms with Crippen LogP contribution in [0.4, 0.5) is 0 Å². The van der Waals surface area contributed by atoms with Crippen LogP contribution in [0.15, 0.2) is 84.1 Å². The molecule has 3 aromatic carbocycles. The molecule has 2 heterocycles. The molecule has 0 spiro atoms. The molecule has 0 unspecified atom stereocenters. The first-order valence-electron chi connectivity index (χ1n) is 10.4. The highest BCUT2D eigenvalue weighted by molar-refractivity contribution is 6.12. The minimum atomic E-state index is -0.183. The van der Waals surface area contributed by atoms with E-state index in [1.165, 1.54) is 0 Å². The minimum absolute atomic E-state index is 0.150. The molecule has 0 bridgehead atoms. The lowest BCUT2D eigenvalue weighted by molar-refractivity contribution is 0.101. The molecule has 0 N–H and O–H groups in total. The lowest BCUT2D eigenvalue weighted by Crippen LogP contribution is -2.18. The Morgan fingerprint density at radius 1 is 1.00 bits per heavy atom. The van der Waals surface area contributed by atoms with Gasteiger partial charge in [-0.1, -0.05) is 36.4 Å². The monoisotopic (exact) mass is 426 g/mol. The van der Waals surface area contributed by atoms with Gasteiger partial charge in [-0.15, -0.1) is 0 Å². The van der Waals surface area contributed by atoms with Gasteiger partial charge in [0.25, 0.3) is 0 Å². The minimum Gasteiger partial charge on any atom is -0.496 e. The third-order valence-electron chi connectivity index (χ3n) is 5.54. The maximum absolute atomic E-state index is 12.9. The van der Waals surface area contributed by atoms with E-state index in [2.05, 4.69) is 0 Å². The highest BCUT2D eigenvalue weighted by Crippen LogP contribution is 2.36. The highest BCUT2D eigenvalue weighted by atomic mass is 16.5. The van der Waals surface area contributed by atoms with Crippen LogP contribution in [0.2, 0.25) is 0 Å². The number of ether oxygens (including phenoxy) is 4. The molecule has 32 heavy (non-hydrogen) atoms. The number of hydrogen-bond acceptors (Lipinski definition) is 5. The summed E-state index contributed by atoms with van der Waals surface area (Å²) in [5.41, 5.74) is 3.32. The van der Waals surface area contributed by atoms with Gasteiger partial charge in [-0.25, -0.2) is 0 Å². The van der Waals surface area contributed by atoms with Crippen molar-refractivity contribution in [2.24, 2.45) is 0 Å². The standard InChI is InChI=1S/C27H22O5/c1-17-20(13-18-7-3-6-10-24(18)31-17)14-26-27(28)22-12-11-21(15-25(22)32-26)30-16-19-8-4-5-9-23(19)29-2/h3-15,17H,16H2,1-2H3/t17-/m0/s1. The molecule has 0 radical (unpaired) electrons. The zero-order valence-electron chi connectivity index (χ0n) is 17.8. The molecule has 3 aromatic rings. The van der Waals surface area contributed by atoms with E-state index in [0.29, 0.717) is 23.7 Å². The number of rotatable bonds is 5. The van der Waals surface area contributed by atoms with Crippen molar-refractivity contribution in [1.29, 1.82) is 0 Å². The van der Waals surface area contributed by atoms with Crippen LogP contribution in [0, 0.1) is 0 Å². The van der Waals surface area contributed by atoms with Crippen molar-refractivity contribution in [3.63, 3.8) is 0 Å². The number of ketones is 1. The quantitative estimate of drug-likeness (QED) is 0.497. The summed E-state index contributed by atoms with van der Waals surface area (Å²) < 4.78 is 23.2. The van der Waals surface area contributed by atoms with Crippen LogP contribution >= 0.6 is 0 Å². The molecular formula is C27H22O5. The van der Waals surface area contributed by atoms with Crippen molar-refractivity contribution in [2.45, 2.75) is 19.6 Å². The Kier molecular flexibility index (Phi) is 5.15. The van der Waals surface area contributed by atoms with Gasteiger partial charge in [0.1, 0.15) is 35.7 Å². The molecule has 0 aromatic heterocycles. The Hall–Kier alpha value is -3.99. The highest BCUT2D eigenvalue weighted by Gasteiger charge is 2.29. The number of fused-ring (bicyclic) bond motifs is 2. The Bertz CT molecular complexity index is 1250. The first-order valence-corrected chi connectivity index (χ1v) is 10.4. The Balaban J connectivity index is 1.35. The van der Waals surface area contributed by atoms with E-state index in [0.717, 1.165) is 28.2 Å². The van der Waals surface area contributed by atoms with Crippen molar-refractivity contribution in [1.82, 2.24) is 0 Å². The normalized spacial score (nSPS) is 17.7. The number of carbonyl (C=O) groups is 1. The summed E-state index contributed by atoms with van der Waals surface area (Å²) in [4.78, 5) is 12.9. The molecule has 0 fully saturated rings. The second-order valence-corrected chi connectivity index (χ2v) is 7.64. The number of methoxy groups -OCH3 is 1. The lowest BCUT2D eigenvalue weighted by atomic mass is 10.0. The predicted octanol–water partition coefficient (Wildman–Crippen LogP) is 5.60. The van der Waals surface area contributed by atoms with Gasteiger partial charge in [-0.3, -0.25) is 4.79 Å². The van der Waals surface area contributed by atoms with Crippen LogP contribution in [0.3, 0.4) is 0 Å². The number of hydrogen-bond donors (Lipinski definition) is 0. The average Bonchev–Trinajstić information content (AvgIpc) is 3.12.